The van der Waals surface area contributed by atoms with Gasteiger partial charge in [0.05, 0.1) is 22.4 Å². The van der Waals surface area contributed by atoms with Crippen molar-refractivity contribution in [1.29, 1.82) is 0 Å². The van der Waals surface area contributed by atoms with Gasteiger partial charge in [-0.3, -0.25) is 4.68 Å². The van der Waals surface area contributed by atoms with Crippen LogP contribution in [0.4, 0.5) is 4.39 Å². The van der Waals surface area contributed by atoms with Crippen molar-refractivity contribution in [2.75, 3.05) is 0 Å². The summed E-state index contributed by atoms with van der Waals surface area (Å²) in [6, 6.07) is 6.51. The second kappa shape index (κ2) is 5.87. The van der Waals surface area contributed by atoms with Crippen LogP contribution in [0.5, 0.6) is 0 Å². The number of nitrogens with zero attached hydrogens (tertiary/aromatic N) is 2. The average Bonchev–Trinajstić information content (AvgIpc) is 3.02. The van der Waals surface area contributed by atoms with Crippen LogP contribution in [0.15, 0.2) is 34.9 Å². The summed E-state index contributed by atoms with van der Waals surface area (Å²) in [5.74, 6) is -0.224. The Kier molecular flexibility index (Phi) is 4.10. The van der Waals surface area contributed by atoms with Crippen LogP contribution in [0.25, 0.3) is 10.1 Å². The van der Waals surface area contributed by atoms with E-state index < -0.39 is 0 Å². The van der Waals surface area contributed by atoms with Crippen LogP contribution in [0.3, 0.4) is 0 Å². The lowest BCUT2D eigenvalue weighted by Gasteiger charge is -2.13. The van der Waals surface area contributed by atoms with Gasteiger partial charge in [0.15, 0.2) is 0 Å². The fraction of sp³-hybridized carbons (Fsp3) is 0.267. The maximum Gasteiger partial charge on any atom is 0.123 e. The number of thiophene rings is 1. The molecule has 3 nitrogen and oxygen atoms in total. The van der Waals surface area contributed by atoms with Crippen LogP contribution in [-0.4, -0.2) is 9.78 Å². The first-order valence-electron chi connectivity index (χ1n) is 6.76. The summed E-state index contributed by atoms with van der Waals surface area (Å²) >= 11 is 5.12. The van der Waals surface area contributed by atoms with Gasteiger partial charge in [0.25, 0.3) is 0 Å². The number of fused-ring (bicyclic) bond motifs is 1. The molecule has 6 heteroatoms. The molecule has 0 amide bonds. The van der Waals surface area contributed by atoms with Gasteiger partial charge in [0, 0.05) is 16.1 Å². The number of aryl methyl sites for hydroxylation is 1. The molecule has 0 aliphatic heterocycles. The molecule has 110 valence electrons. The second-order valence-corrected chi connectivity index (χ2v) is 6.88. The largest absolute Gasteiger partial charge is 0.318 e. The maximum atomic E-state index is 13.3. The lowest BCUT2D eigenvalue weighted by atomic mass is 10.1. The van der Waals surface area contributed by atoms with Crippen molar-refractivity contribution in [3.63, 3.8) is 0 Å². The number of hydrogen-bond acceptors (Lipinski definition) is 3. The van der Waals surface area contributed by atoms with Crippen molar-refractivity contribution in [3.8, 4) is 0 Å². The number of halogens is 2. The van der Waals surface area contributed by atoms with Crippen molar-refractivity contribution in [2.24, 2.45) is 5.73 Å². The van der Waals surface area contributed by atoms with Crippen molar-refractivity contribution >= 4 is 37.4 Å². The van der Waals surface area contributed by atoms with E-state index in [0.29, 0.717) is 0 Å². The van der Waals surface area contributed by atoms with Crippen molar-refractivity contribution in [1.82, 2.24) is 9.78 Å². The molecule has 0 fully saturated rings. The molecule has 0 saturated carbocycles. The lowest BCUT2D eigenvalue weighted by Crippen LogP contribution is -2.17. The molecular formula is C15H15BrFN3S. The molecule has 21 heavy (non-hydrogen) atoms. The number of hydrogen-bond donors (Lipinski definition) is 1. The fourth-order valence-electron chi connectivity index (χ4n) is 2.39. The zero-order chi connectivity index (χ0) is 15.0. The first-order chi connectivity index (χ1) is 10.1. The quantitative estimate of drug-likeness (QED) is 0.739. The van der Waals surface area contributed by atoms with Crippen LogP contribution in [-0.2, 0) is 6.54 Å². The monoisotopic (exact) mass is 367 g/mol. The Morgan fingerprint density at radius 3 is 3.00 bits per heavy atom. The molecule has 0 saturated heterocycles. The highest BCUT2D eigenvalue weighted by molar-refractivity contribution is 9.10. The Balaban J connectivity index is 2.03. The first-order valence-corrected chi connectivity index (χ1v) is 8.37. The van der Waals surface area contributed by atoms with Gasteiger partial charge in [-0.1, -0.05) is 6.92 Å². The molecule has 1 aromatic carbocycles. The SMILES string of the molecule is CCCn1ncc(Br)c1C(N)c1cc2cc(F)ccc2s1. The summed E-state index contributed by atoms with van der Waals surface area (Å²) in [6.07, 6.45) is 2.77. The summed E-state index contributed by atoms with van der Waals surface area (Å²) in [5.41, 5.74) is 7.38. The molecule has 3 rings (SSSR count). The van der Waals surface area contributed by atoms with Gasteiger partial charge in [-0.25, -0.2) is 4.39 Å². The third-order valence-electron chi connectivity index (χ3n) is 3.37. The molecule has 0 aliphatic rings. The summed E-state index contributed by atoms with van der Waals surface area (Å²) in [4.78, 5) is 1.01. The van der Waals surface area contributed by atoms with E-state index in [1.807, 2.05) is 10.7 Å². The average molecular weight is 368 g/mol. The van der Waals surface area contributed by atoms with Crippen LogP contribution < -0.4 is 5.73 Å². The summed E-state index contributed by atoms with van der Waals surface area (Å²) in [5, 5.41) is 5.25. The van der Waals surface area contributed by atoms with E-state index in [9.17, 15) is 4.39 Å². The predicted molar refractivity (Wildman–Crippen MR) is 88.0 cm³/mol. The minimum atomic E-state index is -0.270. The van der Waals surface area contributed by atoms with E-state index in [4.69, 9.17) is 5.73 Å². The van der Waals surface area contributed by atoms with E-state index >= 15 is 0 Å². The van der Waals surface area contributed by atoms with E-state index in [0.717, 1.165) is 38.1 Å². The smallest absolute Gasteiger partial charge is 0.123 e. The van der Waals surface area contributed by atoms with E-state index in [2.05, 4.69) is 28.0 Å². The third kappa shape index (κ3) is 2.75. The highest BCUT2D eigenvalue weighted by Crippen LogP contribution is 2.34. The minimum absolute atomic E-state index is 0.224. The maximum absolute atomic E-state index is 13.3. The molecule has 1 unspecified atom stereocenters. The van der Waals surface area contributed by atoms with Crippen LogP contribution in [0, 0.1) is 5.82 Å². The van der Waals surface area contributed by atoms with Gasteiger partial charge < -0.3 is 5.73 Å². The zero-order valence-corrected chi connectivity index (χ0v) is 13.9. The van der Waals surface area contributed by atoms with Crippen molar-refractivity contribution in [3.05, 3.63) is 51.3 Å². The second-order valence-electron chi connectivity index (χ2n) is 4.91. The van der Waals surface area contributed by atoms with Gasteiger partial charge >= 0.3 is 0 Å². The van der Waals surface area contributed by atoms with E-state index in [1.54, 1.807) is 29.7 Å². The molecule has 0 radical (unpaired) electrons. The number of benzene rings is 1. The zero-order valence-electron chi connectivity index (χ0n) is 11.5. The molecule has 0 bridgehead atoms. The normalized spacial score (nSPS) is 13.0. The highest BCUT2D eigenvalue weighted by Gasteiger charge is 2.20. The van der Waals surface area contributed by atoms with Crippen LogP contribution in [0.1, 0.15) is 30.0 Å². The Labute approximate surface area is 134 Å². The molecule has 3 aromatic rings. The Hall–Kier alpha value is -1.24. The third-order valence-corrected chi connectivity index (χ3v) is 5.18. The highest BCUT2D eigenvalue weighted by atomic mass is 79.9. The van der Waals surface area contributed by atoms with Gasteiger partial charge in [-0.2, -0.15) is 5.10 Å². The van der Waals surface area contributed by atoms with Gasteiger partial charge in [-0.15, -0.1) is 11.3 Å². The lowest BCUT2D eigenvalue weighted by molar-refractivity contribution is 0.560. The molecule has 2 heterocycles. The fourth-order valence-corrected chi connectivity index (χ4v) is 3.99. The van der Waals surface area contributed by atoms with E-state index in [-0.39, 0.29) is 11.9 Å². The van der Waals surface area contributed by atoms with Crippen molar-refractivity contribution in [2.45, 2.75) is 25.9 Å². The summed E-state index contributed by atoms with van der Waals surface area (Å²) in [6.45, 7) is 2.93. The van der Waals surface area contributed by atoms with Gasteiger partial charge in [-0.05, 0) is 52.0 Å². The summed E-state index contributed by atoms with van der Waals surface area (Å²) < 4.78 is 17.2. The Morgan fingerprint density at radius 1 is 1.43 bits per heavy atom. The summed E-state index contributed by atoms with van der Waals surface area (Å²) in [7, 11) is 0. The van der Waals surface area contributed by atoms with Crippen molar-refractivity contribution < 1.29 is 4.39 Å². The standard InChI is InChI=1S/C15H15BrFN3S/c1-2-5-20-15(11(16)8-19-20)14(18)13-7-9-6-10(17)3-4-12(9)21-13/h3-4,6-8,14H,2,5,18H2,1H3. The molecule has 0 spiro atoms. The van der Waals surface area contributed by atoms with Crippen LogP contribution >= 0.6 is 27.3 Å². The Morgan fingerprint density at radius 2 is 2.24 bits per heavy atom. The molecular weight excluding hydrogens is 353 g/mol. The topological polar surface area (TPSA) is 43.8 Å². The molecule has 2 N–H and O–H groups in total. The molecule has 1 atom stereocenters. The molecule has 2 aromatic heterocycles. The minimum Gasteiger partial charge on any atom is -0.318 e. The number of nitrogens with two attached hydrogens (primary N) is 1. The van der Waals surface area contributed by atoms with Crippen LogP contribution in [0.2, 0.25) is 0 Å². The first kappa shape index (κ1) is 14.7. The Bertz CT molecular complexity index is 780. The van der Waals surface area contributed by atoms with E-state index in [1.165, 1.54) is 6.07 Å². The van der Waals surface area contributed by atoms with Gasteiger partial charge in [0.1, 0.15) is 5.82 Å². The van der Waals surface area contributed by atoms with Gasteiger partial charge in [0.2, 0.25) is 0 Å². The molecule has 0 aliphatic carbocycles. The number of aromatic nitrogens is 2. The predicted octanol–water partition coefficient (Wildman–Crippen LogP) is 4.46. The number of rotatable bonds is 4.